The van der Waals surface area contributed by atoms with Crippen LogP contribution in [0.3, 0.4) is 0 Å². The van der Waals surface area contributed by atoms with E-state index in [2.05, 4.69) is 4.98 Å². The summed E-state index contributed by atoms with van der Waals surface area (Å²) in [6, 6.07) is 5.48. The van der Waals surface area contributed by atoms with E-state index in [1.54, 1.807) is 7.11 Å². The second kappa shape index (κ2) is 5.38. The first-order valence-corrected chi connectivity index (χ1v) is 8.31. The van der Waals surface area contributed by atoms with Crippen LogP contribution in [0.15, 0.2) is 18.2 Å². The lowest BCUT2D eigenvalue weighted by molar-refractivity contribution is 0.415. The second-order valence-corrected chi connectivity index (χ2v) is 6.82. The third-order valence-electron chi connectivity index (χ3n) is 2.84. The SMILES string of the molecule is COc1ccc2nc(CCl)n(CCS(C)(=O)=O)c2c1. The van der Waals surface area contributed by atoms with Gasteiger partial charge in [0.05, 0.1) is 29.8 Å². The number of fused-ring (bicyclic) bond motifs is 1. The number of hydrogen-bond donors (Lipinski definition) is 0. The van der Waals surface area contributed by atoms with Gasteiger partial charge in [-0.1, -0.05) is 0 Å². The molecule has 2 rings (SSSR count). The number of rotatable bonds is 5. The molecule has 0 unspecified atom stereocenters. The Morgan fingerprint density at radius 2 is 2.16 bits per heavy atom. The molecular weight excluding hydrogens is 288 g/mol. The standard InChI is InChI=1S/C12H15ClN2O3S/c1-18-9-3-4-10-11(7-9)15(12(8-13)14-10)5-6-19(2,16)17/h3-4,7H,5-6,8H2,1-2H3. The minimum absolute atomic E-state index is 0.0551. The van der Waals surface area contributed by atoms with Gasteiger partial charge in [-0.2, -0.15) is 0 Å². The molecular formula is C12H15ClN2O3S. The Balaban J connectivity index is 2.48. The zero-order valence-corrected chi connectivity index (χ0v) is 12.3. The molecule has 0 spiro atoms. The van der Waals surface area contributed by atoms with Crippen LogP contribution in [0.2, 0.25) is 0 Å². The Labute approximate surface area is 117 Å². The number of hydrogen-bond acceptors (Lipinski definition) is 4. The molecule has 0 N–H and O–H groups in total. The number of ether oxygens (including phenoxy) is 1. The van der Waals surface area contributed by atoms with Crippen molar-refractivity contribution in [1.29, 1.82) is 0 Å². The molecule has 5 nitrogen and oxygen atoms in total. The van der Waals surface area contributed by atoms with E-state index in [1.807, 2.05) is 22.8 Å². The van der Waals surface area contributed by atoms with Crippen LogP contribution in [0.5, 0.6) is 5.75 Å². The van der Waals surface area contributed by atoms with E-state index >= 15 is 0 Å². The van der Waals surface area contributed by atoms with Crippen molar-refractivity contribution < 1.29 is 13.2 Å². The summed E-state index contributed by atoms with van der Waals surface area (Å²) in [7, 11) is -1.45. The fraction of sp³-hybridized carbons (Fsp3) is 0.417. The summed E-state index contributed by atoms with van der Waals surface area (Å²) in [4.78, 5) is 4.39. The van der Waals surface area contributed by atoms with Crippen LogP contribution in [0.4, 0.5) is 0 Å². The fourth-order valence-electron chi connectivity index (χ4n) is 1.89. The highest BCUT2D eigenvalue weighted by Gasteiger charge is 2.12. The van der Waals surface area contributed by atoms with E-state index in [1.165, 1.54) is 6.26 Å². The highest BCUT2D eigenvalue weighted by Crippen LogP contribution is 2.22. The molecule has 2 aromatic rings. The fourth-order valence-corrected chi connectivity index (χ4v) is 2.61. The Hall–Kier alpha value is -1.27. The average Bonchev–Trinajstić information content (AvgIpc) is 2.72. The number of methoxy groups -OCH3 is 1. The zero-order valence-electron chi connectivity index (χ0n) is 10.8. The minimum Gasteiger partial charge on any atom is -0.497 e. The number of aryl methyl sites for hydroxylation is 1. The van der Waals surface area contributed by atoms with Crippen LogP contribution >= 0.6 is 11.6 Å². The van der Waals surface area contributed by atoms with Crippen LogP contribution in [-0.4, -0.2) is 37.1 Å². The van der Waals surface area contributed by atoms with Crippen LogP contribution in [0, 0.1) is 0 Å². The normalized spacial score (nSPS) is 11.9. The summed E-state index contributed by atoms with van der Waals surface area (Å²) >= 11 is 5.86. The maximum atomic E-state index is 11.3. The third kappa shape index (κ3) is 3.19. The van der Waals surface area contributed by atoms with Gasteiger partial charge in [-0.05, 0) is 12.1 Å². The first kappa shape index (κ1) is 14.1. The lowest BCUT2D eigenvalue weighted by atomic mass is 10.3. The van der Waals surface area contributed by atoms with Gasteiger partial charge in [-0.3, -0.25) is 0 Å². The van der Waals surface area contributed by atoms with Gasteiger partial charge in [0, 0.05) is 18.9 Å². The summed E-state index contributed by atoms with van der Waals surface area (Å²) in [5.41, 5.74) is 1.61. The van der Waals surface area contributed by atoms with Crippen LogP contribution in [0.25, 0.3) is 11.0 Å². The summed E-state index contributed by atoms with van der Waals surface area (Å²) in [6.45, 7) is 0.338. The lowest BCUT2D eigenvalue weighted by Crippen LogP contribution is -2.12. The summed E-state index contributed by atoms with van der Waals surface area (Å²) < 4.78 is 29.6. The van der Waals surface area contributed by atoms with Crippen molar-refractivity contribution in [2.45, 2.75) is 12.4 Å². The Bertz CT molecular complexity index is 694. The predicted octanol–water partition coefficient (Wildman–Crippen LogP) is 1.83. The molecule has 19 heavy (non-hydrogen) atoms. The van der Waals surface area contributed by atoms with Crippen molar-refractivity contribution >= 4 is 32.5 Å². The van der Waals surface area contributed by atoms with Gasteiger partial charge in [0.15, 0.2) is 0 Å². The first-order chi connectivity index (χ1) is 8.94. The molecule has 0 aliphatic heterocycles. The average molecular weight is 303 g/mol. The van der Waals surface area contributed by atoms with Crippen molar-refractivity contribution in [1.82, 2.24) is 9.55 Å². The van der Waals surface area contributed by atoms with Crippen molar-refractivity contribution in [2.75, 3.05) is 19.1 Å². The van der Waals surface area contributed by atoms with Crippen LogP contribution in [0.1, 0.15) is 5.82 Å². The molecule has 0 aliphatic rings. The minimum atomic E-state index is -3.03. The molecule has 0 amide bonds. The molecule has 1 heterocycles. The predicted molar refractivity (Wildman–Crippen MR) is 75.6 cm³/mol. The van der Waals surface area contributed by atoms with Gasteiger partial charge in [-0.25, -0.2) is 13.4 Å². The molecule has 0 saturated heterocycles. The number of imidazole rings is 1. The van der Waals surface area contributed by atoms with E-state index in [9.17, 15) is 8.42 Å². The summed E-state index contributed by atoms with van der Waals surface area (Å²) in [5.74, 6) is 1.66. The van der Waals surface area contributed by atoms with Gasteiger partial charge in [0.2, 0.25) is 0 Å². The number of benzene rings is 1. The van der Waals surface area contributed by atoms with Crippen LogP contribution in [-0.2, 0) is 22.3 Å². The molecule has 7 heteroatoms. The van der Waals surface area contributed by atoms with Crippen molar-refractivity contribution in [2.24, 2.45) is 0 Å². The Morgan fingerprint density at radius 1 is 1.42 bits per heavy atom. The van der Waals surface area contributed by atoms with Gasteiger partial charge < -0.3 is 9.30 Å². The molecule has 1 aromatic heterocycles. The van der Waals surface area contributed by atoms with Crippen molar-refractivity contribution in [3.05, 3.63) is 24.0 Å². The lowest BCUT2D eigenvalue weighted by Gasteiger charge is -2.07. The topological polar surface area (TPSA) is 61.2 Å². The number of nitrogens with zero attached hydrogens (tertiary/aromatic N) is 2. The van der Waals surface area contributed by atoms with Crippen molar-refractivity contribution in [3.63, 3.8) is 0 Å². The summed E-state index contributed by atoms with van der Waals surface area (Å²) in [5, 5.41) is 0. The monoisotopic (exact) mass is 302 g/mol. The molecule has 0 aliphatic carbocycles. The van der Waals surface area contributed by atoms with Gasteiger partial charge in [-0.15, -0.1) is 11.6 Å². The van der Waals surface area contributed by atoms with E-state index < -0.39 is 9.84 Å². The molecule has 0 saturated carbocycles. The number of sulfone groups is 1. The quantitative estimate of drug-likeness (QED) is 0.791. The molecule has 0 radical (unpaired) electrons. The molecule has 1 aromatic carbocycles. The van der Waals surface area contributed by atoms with E-state index in [0.717, 1.165) is 11.0 Å². The van der Waals surface area contributed by atoms with E-state index in [-0.39, 0.29) is 11.6 Å². The highest BCUT2D eigenvalue weighted by molar-refractivity contribution is 7.90. The first-order valence-electron chi connectivity index (χ1n) is 5.71. The third-order valence-corrected chi connectivity index (χ3v) is 4.00. The number of alkyl halides is 1. The summed E-state index contributed by atoms with van der Waals surface area (Å²) in [6.07, 6.45) is 1.22. The second-order valence-electron chi connectivity index (χ2n) is 4.30. The molecule has 0 atom stereocenters. The van der Waals surface area contributed by atoms with Gasteiger partial charge in [0.1, 0.15) is 21.4 Å². The van der Waals surface area contributed by atoms with E-state index in [0.29, 0.717) is 18.1 Å². The maximum absolute atomic E-state index is 11.3. The Kier molecular flexibility index (Phi) is 4.01. The largest absolute Gasteiger partial charge is 0.497 e. The molecule has 104 valence electrons. The molecule has 0 fully saturated rings. The van der Waals surface area contributed by atoms with Crippen LogP contribution < -0.4 is 4.74 Å². The zero-order chi connectivity index (χ0) is 14.0. The Morgan fingerprint density at radius 3 is 2.74 bits per heavy atom. The highest BCUT2D eigenvalue weighted by atomic mass is 35.5. The number of halogens is 1. The maximum Gasteiger partial charge on any atom is 0.149 e. The van der Waals surface area contributed by atoms with Gasteiger partial charge in [0.25, 0.3) is 0 Å². The van der Waals surface area contributed by atoms with Gasteiger partial charge >= 0.3 is 0 Å². The number of aromatic nitrogens is 2. The smallest absolute Gasteiger partial charge is 0.149 e. The van der Waals surface area contributed by atoms with E-state index in [4.69, 9.17) is 16.3 Å². The molecule has 0 bridgehead atoms. The van der Waals surface area contributed by atoms with Crippen molar-refractivity contribution in [3.8, 4) is 5.75 Å².